The maximum Gasteiger partial charge on any atom is 0.264 e. The maximum absolute atomic E-state index is 13.6. The largest absolute Gasteiger partial charge is 0.357 e. The lowest BCUT2D eigenvalue weighted by atomic mass is 10.1. The van der Waals surface area contributed by atoms with Crippen LogP contribution in [0.1, 0.15) is 18.1 Å². The Morgan fingerprint density at radius 2 is 1.63 bits per heavy atom. The van der Waals surface area contributed by atoms with Gasteiger partial charge in [-0.3, -0.25) is 13.9 Å². The quantitative estimate of drug-likeness (QED) is 0.490. The van der Waals surface area contributed by atoms with E-state index in [1.54, 1.807) is 25.1 Å². The number of amides is 2. The van der Waals surface area contributed by atoms with E-state index in [4.69, 9.17) is 0 Å². The van der Waals surface area contributed by atoms with Gasteiger partial charge in [-0.15, -0.1) is 0 Å². The van der Waals surface area contributed by atoms with Crippen LogP contribution in [-0.4, -0.2) is 44.8 Å². The van der Waals surface area contributed by atoms with Crippen molar-refractivity contribution in [1.82, 2.24) is 10.2 Å². The van der Waals surface area contributed by atoms with Crippen LogP contribution >= 0.6 is 0 Å². The van der Waals surface area contributed by atoms with Crippen LogP contribution in [-0.2, 0) is 26.2 Å². The Labute approximate surface area is 205 Å². The molecule has 0 bridgehead atoms. The van der Waals surface area contributed by atoms with Gasteiger partial charge in [-0.1, -0.05) is 48.0 Å². The Kier molecular flexibility index (Phi) is 8.24. The first-order valence-corrected chi connectivity index (χ1v) is 12.5. The lowest BCUT2D eigenvalue weighted by Crippen LogP contribution is -2.50. The molecule has 0 aromatic heterocycles. The van der Waals surface area contributed by atoms with Crippen molar-refractivity contribution in [2.45, 2.75) is 31.3 Å². The maximum atomic E-state index is 13.6. The second kappa shape index (κ2) is 11.1. The van der Waals surface area contributed by atoms with E-state index >= 15 is 0 Å². The fourth-order valence-corrected chi connectivity index (χ4v) is 5.09. The summed E-state index contributed by atoms with van der Waals surface area (Å²) in [6.45, 7) is 3.04. The van der Waals surface area contributed by atoms with E-state index in [1.165, 1.54) is 36.2 Å². The molecule has 0 aliphatic heterocycles. The molecule has 0 heterocycles. The molecule has 0 saturated carbocycles. The molecule has 1 atom stereocenters. The van der Waals surface area contributed by atoms with Crippen LogP contribution in [0.5, 0.6) is 0 Å². The molecule has 0 saturated heterocycles. The van der Waals surface area contributed by atoms with Crippen molar-refractivity contribution in [3.63, 3.8) is 0 Å². The molecule has 3 rings (SSSR count). The summed E-state index contributed by atoms with van der Waals surface area (Å²) in [6, 6.07) is 19.2. The minimum atomic E-state index is -4.16. The Bertz CT molecular complexity index is 1280. The lowest BCUT2D eigenvalue weighted by Gasteiger charge is -2.31. The normalized spacial score (nSPS) is 12.0. The molecule has 3 aromatic carbocycles. The highest BCUT2D eigenvalue weighted by Gasteiger charge is 2.32. The van der Waals surface area contributed by atoms with E-state index in [2.05, 4.69) is 5.32 Å². The molecule has 7 nitrogen and oxygen atoms in total. The van der Waals surface area contributed by atoms with Gasteiger partial charge in [0.15, 0.2) is 0 Å². The zero-order chi connectivity index (χ0) is 25.6. The van der Waals surface area contributed by atoms with E-state index in [-0.39, 0.29) is 23.0 Å². The van der Waals surface area contributed by atoms with Crippen molar-refractivity contribution in [2.75, 3.05) is 17.9 Å². The number of anilines is 1. The summed E-state index contributed by atoms with van der Waals surface area (Å²) in [6.07, 6.45) is 0. The first kappa shape index (κ1) is 25.9. The minimum absolute atomic E-state index is 0.0123. The number of halogens is 1. The molecular weight excluding hydrogens is 469 g/mol. The predicted octanol–water partition coefficient (Wildman–Crippen LogP) is 3.49. The fourth-order valence-electron chi connectivity index (χ4n) is 3.65. The number of benzene rings is 3. The van der Waals surface area contributed by atoms with Gasteiger partial charge in [0.1, 0.15) is 18.4 Å². The second-order valence-electron chi connectivity index (χ2n) is 8.10. The summed E-state index contributed by atoms with van der Waals surface area (Å²) in [5.41, 5.74) is 1.92. The molecule has 3 aromatic rings. The third-order valence-corrected chi connectivity index (χ3v) is 7.36. The van der Waals surface area contributed by atoms with Gasteiger partial charge in [-0.2, -0.15) is 0 Å². The highest BCUT2D eigenvalue weighted by atomic mass is 32.2. The number of hydrogen-bond donors (Lipinski definition) is 1. The molecule has 0 aliphatic rings. The van der Waals surface area contributed by atoms with Gasteiger partial charge >= 0.3 is 0 Å². The Hall–Kier alpha value is -3.72. The van der Waals surface area contributed by atoms with Gasteiger partial charge < -0.3 is 10.2 Å². The summed E-state index contributed by atoms with van der Waals surface area (Å²) in [5, 5.41) is 2.54. The van der Waals surface area contributed by atoms with E-state index in [1.807, 2.05) is 31.2 Å². The molecule has 2 amide bonds. The summed E-state index contributed by atoms with van der Waals surface area (Å²) in [7, 11) is -2.69. The van der Waals surface area contributed by atoms with Crippen molar-refractivity contribution in [2.24, 2.45) is 0 Å². The van der Waals surface area contributed by atoms with Crippen LogP contribution in [0, 0.1) is 12.7 Å². The SMILES string of the molecule is CNC(=O)[C@@H](C)N(Cc1cccc(C)c1)C(=O)CN(c1ccc(F)cc1)S(=O)(=O)c1ccccc1. The predicted molar refractivity (Wildman–Crippen MR) is 133 cm³/mol. The highest BCUT2D eigenvalue weighted by molar-refractivity contribution is 7.92. The zero-order valence-electron chi connectivity index (χ0n) is 19.8. The monoisotopic (exact) mass is 497 g/mol. The van der Waals surface area contributed by atoms with Crippen molar-refractivity contribution >= 4 is 27.5 Å². The number of hydrogen-bond acceptors (Lipinski definition) is 4. The second-order valence-corrected chi connectivity index (χ2v) is 9.96. The van der Waals surface area contributed by atoms with E-state index in [9.17, 15) is 22.4 Å². The van der Waals surface area contributed by atoms with Crippen molar-refractivity contribution < 1.29 is 22.4 Å². The fraction of sp³-hybridized carbons (Fsp3) is 0.231. The van der Waals surface area contributed by atoms with Gasteiger partial charge in [-0.25, -0.2) is 12.8 Å². The molecule has 0 fully saturated rings. The first-order valence-electron chi connectivity index (χ1n) is 11.0. The van der Waals surface area contributed by atoms with Gasteiger partial charge in [0.25, 0.3) is 10.0 Å². The highest BCUT2D eigenvalue weighted by Crippen LogP contribution is 2.25. The van der Waals surface area contributed by atoms with Crippen molar-refractivity contribution in [3.8, 4) is 0 Å². The molecule has 0 aliphatic carbocycles. The number of aryl methyl sites for hydroxylation is 1. The molecular formula is C26H28FN3O4S. The number of rotatable bonds is 9. The number of nitrogens with zero attached hydrogens (tertiary/aromatic N) is 2. The summed E-state index contributed by atoms with van der Waals surface area (Å²) < 4.78 is 41.6. The summed E-state index contributed by atoms with van der Waals surface area (Å²) >= 11 is 0. The van der Waals surface area contributed by atoms with Gasteiger partial charge in [0, 0.05) is 13.6 Å². The molecule has 0 unspecified atom stereocenters. The molecule has 0 radical (unpaired) electrons. The van der Waals surface area contributed by atoms with Crippen molar-refractivity contribution in [3.05, 3.63) is 95.8 Å². The van der Waals surface area contributed by atoms with E-state index in [0.717, 1.165) is 27.6 Å². The number of likely N-dealkylation sites (N-methyl/N-ethyl adjacent to an activating group) is 1. The van der Waals surface area contributed by atoms with Gasteiger partial charge in [0.2, 0.25) is 11.8 Å². The average Bonchev–Trinajstić information content (AvgIpc) is 2.86. The topological polar surface area (TPSA) is 86.8 Å². The smallest absolute Gasteiger partial charge is 0.264 e. The number of carbonyl (C=O) groups is 2. The zero-order valence-corrected chi connectivity index (χ0v) is 20.6. The number of carbonyl (C=O) groups excluding carboxylic acids is 2. The standard InChI is InChI=1S/C26H28FN3O4S/c1-19-8-7-9-21(16-19)17-29(20(2)26(32)28-3)25(31)18-30(23-14-12-22(27)13-15-23)35(33,34)24-10-5-4-6-11-24/h4-16,20H,17-18H2,1-3H3,(H,28,32)/t20-/m1/s1. The first-order chi connectivity index (χ1) is 16.6. The van der Waals surface area contributed by atoms with E-state index in [0.29, 0.717) is 0 Å². The third kappa shape index (κ3) is 6.24. The van der Waals surface area contributed by atoms with Crippen LogP contribution in [0.25, 0.3) is 0 Å². The van der Waals surface area contributed by atoms with Crippen LogP contribution in [0.3, 0.4) is 0 Å². The number of sulfonamides is 1. The van der Waals surface area contributed by atoms with Gasteiger partial charge in [0.05, 0.1) is 10.6 Å². The minimum Gasteiger partial charge on any atom is -0.357 e. The van der Waals surface area contributed by atoms with Crippen LogP contribution < -0.4 is 9.62 Å². The van der Waals surface area contributed by atoms with Crippen LogP contribution in [0.2, 0.25) is 0 Å². The Balaban J connectivity index is 2.01. The Morgan fingerprint density at radius 3 is 2.23 bits per heavy atom. The lowest BCUT2D eigenvalue weighted by molar-refractivity contribution is -0.139. The summed E-state index contributed by atoms with van der Waals surface area (Å²) in [4.78, 5) is 27.4. The number of nitrogens with one attached hydrogen (secondary N) is 1. The summed E-state index contributed by atoms with van der Waals surface area (Å²) in [5.74, 6) is -1.50. The van der Waals surface area contributed by atoms with Crippen LogP contribution in [0.15, 0.2) is 83.8 Å². The Morgan fingerprint density at radius 1 is 0.971 bits per heavy atom. The molecule has 35 heavy (non-hydrogen) atoms. The van der Waals surface area contributed by atoms with E-state index < -0.39 is 34.3 Å². The van der Waals surface area contributed by atoms with Crippen LogP contribution in [0.4, 0.5) is 10.1 Å². The molecule has 0 spiro atoms. The van der Waals surface area contributed by atoms with Gasteiger partial charge in [-0.05, 0) is 55.8 Å². The molecule has 9 heteroatoms. The van der Waals surface area contributed by atoms with Crippen molar-refractivity contribution in [1.29, 1.82) is 0 Å². The molecule has 184 valence electrons. The third-order valence-electron chi connectivity index (χ3n) is 5.57. The average molecular weight is 498 g/mol. The molecule has 1 N–H and O–H groups in total.